The van der Waals surface area contributed by atoms with Crippen LogP contribution in [0.25, 0.3) is 10.9 Å². The fourth-order valence-electron chi connectivity index (χ4n) is 2.20. The van der Waals surface area contributed by atoms with E-state index >= 15 is 0 Å². The normalized spacial score (nSPS) is 10.8. The number of hydrogen-bond acceptors (Lipinski definition) is 3. The lowest BCUT2D eigenvalue weighted by Gasteiger charge is -2.10. The molecule has 0 saturated carbocycles. The van der Waals surface area contributed by atoms with Gasteiger partial charge in [-0.1, -0.05) is 30.3 Å². The minimum absolute atomic E-state index is 0.0200. The molecule has 3 nitrogen and oxygen atoms in total. The van der Waals surface area contributed by atoms with E-state index in [9.17, 15) is 0 Å². The molecule has 4 heteroatoms. The number of rotatable bonds is 4. The zero-order valence-electron chi connectivity index (χ0n) is 11.3. The van der Waals surface area contributed by atoms with E-state index in [4.69, 9.17) is 9.84 Å². The number of ether oxygens (including phenoxy) is 1. The summed E-state index contributed by atoms with van der Waals surface area (Å²) < 4.78 is 6.70. The highest BCUT2D eigenvalue weighted by molar-refractivity contribution is 9.10. The largest absolute Gasteiger partial charge is 0.488 e. The summed E-state index contributed by atoms with van der Waals surface area (Å²) in [5, 5.41) is 10.2. The molecule has 1 aromatic heterocycles. The molecule has 0 spiro atoms. The van der Waals surface area contributed by atoms with Crippen LogP contribution in [0.15, 0.2) is 59.2 Å². The molecule has 0 aliphatic carbocycles. The molecule has 0 amide bonds. The number of aliphatic hydroxyl groups excluding tert-OH is 1. The summed E-state index contributed by atoms with van der Waals surface area (Å²) in [6, 6.07) is 15.6. The van der Waals surface area contributed by atoms with Gasteiger partial charge in [0.1, 0.15) is 12.4 Å². The van der Waals surface area contributed by atoms with Gasteiger partial charge >= 0.3 is 0 Å². The Morgan fingerprint density at radius 1 is 1.10 bits per heavy atom. The number of hydrogen-bond donors (Lipinski definition) is 1. The topological polar surface area (TPSA) is 42.4 Å². The van der Waals surface area contributed by atoms with Crippen LogP contribution in [0, 0.1) is 0 Å². The van der Waals surface area contributed by atoms with Gasteiger partial charge < -0.3 is 9.84 Å². The van der Waals surface area contributed by atoms with Gasteiger partial charge in [0.15, 0.2) is 0 Å². The lowest BCUT2D eigenvalue weighted by atomic mass is 10.1. The van der Waals surface area contributed by atoms with Gasteiger partial charge in [-0.15, -0.1) is 0 Å². The molecule has 0 unspecified atom stereocenters. The van der Waals surface area contributed by atoms with Crippen molar-refractivity contribution >= 4 is 26.8 Å². The number of aliphatic hydroxyl groups is 1. The van der Waals surface area contributed by atoms with Gasteiger partial charge in [-0.05, 0) is 39.7 Å². The first-order valence-corrected chi connectivity index (χ1v) is 7.42. The van der Waals surface area contributed by atoms with Gasteiger partial charge in [0.2, 0.25) is 0 Å². The number of nitrogens with zero attached hydrogens (tertiary/aromatic N) is 1. The van der Waals surface area contributed by atoms with Gasteiger partial charge in [0.05, 0.1) is 16.6 Å². The summed E-state index contributed by atoms with van der Waals surface area (Å²) >= 11 is 3.46. The molecule has 0 fully saturated rings. The fourth-order valence-corrected chi connectivity index (χ4v) is 2.74. The summed E-state index contributed by atoms with van der Waals surface area (Å²) in [6.07, 6.45) is 1.79. The number of pyridine rings is 1. The van der Waals surface area contributed by atoms with Crippen LogP contribution >= 0.6 is 15.9 Å². The van der Waals surface area contributed by atoms with Crippen LogP contribution in [0.4, 0.5) is 0 Å². The third kappa shape index (κ3) is 3.06. The summed E-state index contributed by atoms with van der Waals surface area (Å²) in [6.45, 7) is 0.470. The highest BCUT2D eigenvalue weighted by Crippen LogP contribution is 2.27. The molecule has 0 aliphatic heterocycles. The fraction of sp³-hybridized carbons (Fsp3) is 0.118. The molecular weight excluding hydrogens is 330 g/mol. The Balaban J connectivity index is 1.84. The van der Waals surface area contributed by atoms with Crippen molar-refractivity contribution in [2.75, 3.05) is 0 Å². The second-order valence-electron chi connectivity index (χ2n) is 4.70. The standard InChI is InChI=1S/C17H14BrNO2/c18-15-9-12(10-20)6-7-16(15)21-11-14-4-1-3-13-5-2-8-19-17(13)14/h1-9,20H,10-11H2. The molecular formula is C17H14BrNO2. The molecule has 0 radical (unpaired) electrons. The molecule has 2 aromatic carbocycles. The zero-order valence-corrected chi connectivity index (χ0v) is 12.9. The van der Waals surface area contributed by atoms with E-state index in [2.05, 4.69) is 20.9 Å². The Kier molecular flexibility index (Phi) is 4.18. The van der Waals surface area contributed by atoms with Crippen LogP contribution in [0.3, 0.4) is 0 Å². The molecule has 21 heavy (non-hydrogen) atoms. The van der Waals surface area contributed by atoms with Crippen LogP contribution in [0.2, 0.25) is 0 Å². The predicted octanol–water partition coefficient (Wildman–Crippen LogP) is 4.07. The van der Waals surface area contributed by atoms with E-state index in [0.717, 1.165) is 32.3 Å². The van der Waals surface area contributed by atoms with E-state index in [-0.39, 0.29) is 6.61 Å². The van der Waals surface area contributed by atoms with Crippen LogP contribution in [-0.4, -0.2) is 10.1 Å². The van der Waals surface area contributed by atoms with E-state index in [0.29, 0.717) is 6.61 Å². The van der Waals surface area contributed by atoms with E-state index in [1.807, 2.05) is 48.5 Å². The van der Waals surface area contributed by atoms with Gasteiger partial charge in [-0.25, -0.2) is 0 Å². The van der Waals surface area contributed by atoms with Crippen LogP contribution in [-0.2, 0) is 13.2 Å². The average Bonchev–Trinajstić information content (AvgIpc) is 2.53. The van der Waals surface area contributed by atoms with Crippen molar-refractivity contribution < 1.29 is 9.84 Å². The summed E-state index contributed by atoms with van der Waals surface area (Å²) in [5.74, 6) is 0.750. The van der Waals surface area contributed by atoms with Crippen molar-refractivity contribution in [3.63, 3.8) is 0 Å². The number of halogens is 1. The second-order valence-corrected chi connectivity index (χ2v) is 5.56. The summed E-state index contributed by atoms with van der Waals surface area (Å²) in [7, 11) is 0. The third-order valence-corrected chi connectivity index (χ3v) is 3.90. The summed E-state index contributed by atoms with van der Waals surface area (Å²) in [4.78, 5) is 4.42. The molecule has 3 aromatic rings. The minimum Gasteiger partial charge on any atom is -0.488 e. The van der Waals surface area contributed by atoms with E-state index in [1.54, 1.807) is 6.20 Å². The number of fused-ring (bicyclic) bond motifs is 1. The Morgan fingerprint density at radius 3 is 2.76 bits per heavy atom. The first-order valence-electron chi connectivity index (χ1n) is 6.62. The Bertz CT molecular complexity index is 768. The average molecular weight is 344 g/mol. The Labute approximate surface area is 131 Å². The predicted molar refractivity (Wildman–Crippen MR) is 86.1 cm³/mol. The zero-order chi connectivity index (χ0) is 14.7. The summed E-state index contributed by atoms with van der Waals surface area (Å²) in [5.41, 5.74) is 2.86. The maximum absolute atomic E-state index is 9.11. The smallest absolute Gasteiger partial charge is 0.134 e. The van der Waals surface area contributed by atoms with Crippen LogP contribution in [0.5, 0.6) is 5.75 Å². The van der Waals surface area contributed by atoms with Crippen molar-refractivity contribution in [3.8, 4) is 5.75 Å². The highest BCUT2D eigenvalue weighted by atomic mass is 79.9. The van der Waals surface area contributed by atoms with Crippen LogP contribution in [0.1, 0.15) is 11.1 Å². The number of aromatic nitrogens is 1. The van der Waals surface area contributed by atoms with E-state index in [1.165, 1.54) is 0 Å². The van der Waals surface area contributed by atoms with Crippen LogP contribution < -0.4 is 4.74 Å². The van der Waals surface area contributed by atoms with E-state index < -0.39 is 0 Å². The van der Waals surface area contributed by atoms with Gasteiger partial charge in [0.25, 0.3) is 0 Å². The number of para-hydroxylation sites is 1. The molecule has 1 N–H and O–H groups in total. The first kappa shape index (κ1) is 14.0. The van der Waals surface area contributed by atoms with Crippen molar-refractivity contribution in [2.45, 2.75) is 13.2 Å². The molecule has 1 heterocycles. The number of benzene rings is 2. The SMILES string of the molecule is OCc1ccc(OCc2cccc3cccnc23)c(Br)c1. The highest BCUT2D eigenvalue weighted by Gasteiger charge is 2.06. The quantitative estimate of drug-likeness (QED) is 0.776. The maximum Gasteiger partial charge on any atom is 0.134 e. The van der Waals surface area contributed by atoms with Crippen molar-refractivity contribution in [1.29, 1.82) is 0 Å². The lowest BCUT2D eigenvalue weighted by molar-refractivity contribution is 0.280. The van der Waals surface area contributed by atoms with Gasteiger partial charge in [-0.3, -0.25) is 4.98 Å². The molecule has 0 bridgehead atoms. The Hall–Kier alpha value is -1.91. The van der Waals surface area contributed by atoms with Gasteiger partial charge in [-0.2, -0.15) is 0 Å². The second kappa shape index (κ2) is 6.24. The molecule has 3 rings (SSSR count). The van der Waals surface area contributed by atoms with Gasteiger partial charge in [0, 0.05) is 17.1 Å². The van der Waals surface area contributed by atoms with Crippen molar-refractivity contribution in [2.24, 2.45) is 0 Å². The molecule has 0 saturated heterocycles. The first-order chi connectivity index (χ1) is 10.3. The lowest BCUT2D eigenvalue weighted by Crippen LogP contribution is -1.98. The monoisotopic (exact) mass is 343 g/mol. The molecule has 0 aliphatic rings. The third-order valence-electron chi connectivity index (χ3n) is 3.28. The van der Waals surface area contributed by atoms with Crippen molar-refractivity contribution in [1.82, 2.24) is 4.98 Å². The maximum atomic E-state index is 9.11. The van der Waals surface area contributed by atoms with Crippen molar-refractivity contribution in [3.05, 3.63) is 70.3 Å². The minimum atomic E-state index is 0.0200. The Morgan fingerprint density at radius 2 is 1.95 bits per heavy atom. The molecule has 106 valence electrons. The molecule has 0 atom stereocenters.